The molecule has 0 saturated heterocycles. The summed E-state index contributed by atoms with van der Waals surface area (Å²) in [6, 6.07) is 5.19. The molecule has 0 radical (unpaired) electrons. The summed E-state index contributed by atoms with van der Waals surface area (Å²) in [4.78, 5) is 0. The maximum absolute atomic E-state index is 12.1. The van der Waals surface area contributed by atoms with E-state index in [9.17, 15) is 21.9 Å². The predicted molar refractivity (Wildman–Crippen MR) is 118 cm³/mol. The van der Waals surface area contributed by atoms with Crippen molar-refractivity contribution in [1.82, 2.24) is 4.72 Å². The molecule has 166 valence electrons. The number of thiophene rings is 2. The summed E-state index contributed by atoms with van der Waals surface area (Å²) in [5.74, 6) is -0.111. The first-order chi connectivity index (χ1) is 13.4. The molecule has 2 rings (SSSR count). The van der Waals surface area contributed by atoms with Crippen LogP contribution < -0.4 is 4.72 Å². The zero-order valence-electron chi connectivity index (χ0n) is 15.1. The van der Waals surface area contributed by atoms with Crippen LogP contribution in [0.15, 0.2) is 32.7 Å². The van der Waals surface area contributed by atoms with E-state index in [1.54, 1.807) is 0 Å². The van der Waals surface area contributed by atoms with Crippen LogP contribution in [0.2, 0.25) is 8.67 Å². The summed E-state index contributed by atoms with van der Waals surface area (Å²) in [6.07, 6.45) is 1.11. The Morgan fingerprint density at radius 2 is 1.52 bits per heavy atom. The molecule has 2 atom stereocenters. The van der Waals surface area contributed by atoms with E-state index in [2.05, 4.69) is 4.72 Å². The van der Waals surface area contributed by atoms with Gasteiger partial charge in [0.2, 0.25) is 10.0 Å². The van der Waals surface area contributed by atoms with Crippen LogP contribution in [0.4, 0.5) is 0 Å². The average molecular weight is 545 g/mol. The fourth-order valence-corrected chi connectivity index (χ4v) is 7.31. The van der Waals surface area contributed by atoms with Gasteiger partial charge in [0.05, 0.1) is 15.3 Å². The Kier molecular flexibility index (Phi) is 11.4. The minimum atomic E-state index is -3.68. The monoisotopic (exact) mass is 543 g/mol. The number of hydrogen-bond acceptors (Lipinski definition) is 8. The Hall–Kier alpha value is 0.0500. The van der Waals surface area contributed by atoms with Crippen molar-refractivity contribution in [2.24, 2.45) is 5.92 Å². The third-order valence-electron chi connectivity index (χ3n) is 3.70. The van der Waals surface area contributed by atoms with E-state index in [0.717, 1.165) is 22.7 Å². The molecule has 0 amide bonds. The predicted octanol–water partition coefficient (Wildman–Crippen LogP) is 3.78. The summed E-state index contributed by atoms with van der Waals surface area (Å²) >= 11 is 13.1. The molecule has 0 aliphatic carbocycles. The van der Waals surface area contributed by atoms with Gasteiger partial charge in [0, 0.05) is 23.3 Å². The van der Waals surface area contributed by atoms with Gasteiger partial charge in [0.1, 0.15) is 8.42 Å². The van der Waals surface area contributed by atoms with Crippen LogP contribution in [0, 0.1) is 5.92 Å². The lowest BCUT2D eigenvalue weighted by molar-refractivity contribution is 0.180. The van der Waals surface area contributed by atoms with Gasteiger partial charge in [0.25, 0.3) is 9.05 Å². The molecule has 0 saturated carbocycles. The topological polar surface area (TPSA) is 121 Å². The van der Waals surface area contributed by atoms with Crippen LogP contribution in [0.1, 0.15) is 19.8 Å². The second-order valence-electron chi connectivity index (χ2n) is 5.65. The molecule has 0 spiro atoms. The summed E-state index contributed by atoms with van der Waals surface area (Å²) < 4.78 is 48.8. The number of aliphatic hydroxyl groups excluding tert-OH is 2. The maximum atomic E-state index is 12.1. The van der Waals surface area contributed by atoms with Crippen molar-refractivity contribution in [3.63, 3.8) is 0 Å². The van der Waals surface area contributed by atoms with E-state index in [1.807, 2.05) is 6.92 Å². The smallest absolute Gasteiger partial charge is 0.270 e. The Bertz CT molecular complexity index is 974. The highest BCUT2D eigenvalue weighted by Crippen LogP contribution is 2.28. The third kappa shape index (κ3) is 8.98. The second-order valence-corrected chi connectivity index (χ2v) is 13.8. The minimum absolute atomic E-state index is 0.0401. The quantitative estimate of drug-likeness (QED) is 0.413. The van der Waals surface area contributed by atoms with Gasteiger partial charge in [-0.3, -0.25) is 0 Å². The standard InChI is InChI=1S/C11H18ClNO4S2.C4H2Cl2O2S2/c1-2-8(5-6-14)9(7-15)13-19(16,17)11-4-3-10(12)18-11;5-3-1-2-4(9-3)10(6,7)8/h3-4,8-9,13-15H,2,5-7H2,1H3;1-2H. The van der Waals surface area contributed by atoms with Crippen molar-refractivity contribution in [2.45, 2.75) is 34.2 Å². The molecule has 0 aliphatic heterocycles. The van der Waals surface area contributed by atoms with Crippen molar-refractivity contribution in [2.75, 3.05) is 13.2 Å². The summed E-state index contributed by atoms with van der Waals surface area (Å²) in [5.41, 5.74) is 0. The molecule has 2 aromatic rings. The van der Waals surface area contributed by atoms with Gasteiger partial charge in [-0.15, -0.1) is 22.7 Å². The molecular formula is C15H20Cl3NO6S4. The van der Waals surface area contributed by atoms with E-state index < -0.39 is 25.1 Å². The van der Waals surface area contributed by atoms with Crippen molar-refractivity contribution in [1.29, 1.82) is 0 Å². The molecule has 2 heterocycles. The Balaban J connectivity index is 0.000000352. The molecule has 3 N–H and O–H groups in total. The average Bonchev–Trinajstić information content (AvgIpc) is 3.27. The van der Waals surface area contributed by atoms with Crippen molar-refractivity contribution in [3.05, 3.63) is 32.9 Å². The Morgan fingerprint density at radius 1 is 1.00 bits per heavy atom. The first kappa shape index (κ1) is 27.1. The van der Waals surface area contributed by atoms with Crippen molar-refractivity contribution < 1.29 is 27.0 Å². The molecule has 7 nitrogen and oxygen atoms in total. The molecule has 29 heavy (non-hydrogen) atoms. The normalized spacial score (nSPS) is 14.1. The van der Waals surface area contributed by atoms with Crippen LogP contribution in [-0.4, -0.2) is 46.3 Å². The highest BCUT2D eigenvalue weighted by Gasteiger charge is 2.26. The molecule has 2 unspecified atom stereocenters. The number of sulfonamides is 1. The number of hydrogen-bond donors (Lipinski definition) is 3. The molecule has 0 aliphatic rings. The van der Waals surface area contributed by atoms with Crippen LogP contribution in [0.3, 0.4) is 0 Å². The van der Waals surface area contributed by atoms with Gasteiger partial charge in [-0.25, -0.2) is 21.6 Å². The lowest BCUT2D eigenvalue weighted by Gasteiger charge is -2.24. The van der Waals surface area contributed by atoms with Gasteiger partial charge >= 0.3 is 0 Å². The summed E-state index contributed by atoms with van der Waals surface area (Å²) in [6.45, 7) is 1.54. The largest absolute Gasteiger partial charge is 0.396 e. The van der Waals surface area contributed by atoms with E-state index >= 15 is 0 Å². The fourth-order valence-electron chi connectivity index (χ4n) is 2.27. The maximum Gasteiger partial charge on any atom is 0.270 e. The Labute approximate surface area is 192 Å². The van der Waals surface area contributed by atoms with Crippen molar-refractivity contribution in [3.8, 4) is 0 Å². The molecular weight excluding hydrogens is 525 g/mol. The van der Waals surface area contributed by atoms with Crippen LogP contribution >= 0.6 is 56.6 Å². The zero-order valence-corrected chi connectivity index (χ0v) is 20.6. The van der Waals surface area contributed by atoms with Gasteiger partial charge in [-0.2, -0.15) is 0 Å². The third-order valence-corrected chi connectivity index (χ3v) is 10.2. The van der Waals surface area contributed by atoms with E-state index in [0.29, 0.717) is 21.5 Å². The van der Waals surface area contributed by atoms with Crippen LogP contribution in [0.5, 0.6) is 0 Å². The lowest BCUT2D eigenvalue weighted by atomic mass is 9.95. The van der Waals surface area contributed by atoms with Crippen LogP contribution in [0.25, 0.3) is 0 Å². The SMILES string of the molecule is CCC(CCO)C(CO)NS(=O)(=O)c1ccc(Cl)s1.O=S(=O)(Cl)c1ccc(Cl)s1. The summed E-state index contributed by atoms with van der Waals surface area (Å²) in [7, 11) is -2.26. The first-order valence-corrected chi connectivity index (χ1v) is 14.3. The molecule has 0 fully saturated rings. The molecule has 2 aromatic heterocycles. The minimum Gasteiger partial charge on any atom is -0.396 e. The molecule has 0 bridgehead atoms. The zero-order chi connectivity index (χ0) is 22.2. The van der Waals surface area contributed by atoms with E-state index in [1.165, 1.54) is 24.3 Å². The highest BCUT2D eigenvalue weighted by atomic mass is 35.7. The number of halogens is 3. The number of rotatable bonds is 9. The second kappa shape index (κ2) is 12.2. The molecule has 0 aromatic carbocycles. The van der Waals surface area contributed by atoms with Gasteiger partial charge in [-0.1, -0.05) is 36.5 Å². The first-order valence-electron chi connectivity index (χ1n) is 8.14. The van der Waals surface area contributed by atoms with E-state index in [-0.39, 0.29) is 27.6 Å². The van der Waals surface area contributed by atoms with Crippen LogP contribution in [-0.2, 0) is 19.1 Å². The Morgan fingerprint density at radius 3 is 1.83 bits per heavy atom. The van der Waals surface area contributed by atoms with Gasteiger partial charge in [0.15, 0.2) is 0 Å². The number of aliphatic hydroxyl groups is 2. The van der Waals surface area contributed by atoms with Gasteiger partial charge < -0.3 is 10.2 Å². The fraction of sp³-hybridized carbons (Fsp3) is 0.467. The number of nitrogens with one attached hydrogen (secondary N) is 1. The van der Waals surface area contributed by atoms with E-state index in [4.69, 9.17) is 39.0 Å². The van der Waals surface area contributed by atoms with Gasteiger partial charge in [-0.05, 0) is 36.6 Å². The molecule has 14 heteroatoms. The van der Waals surface area contributed by atoms with Crippen molar-refractivity contribution >= 4 is 75.6 Å². The highest BCUT2D eigenvalue weighted by molar-refractivity contribution is 8.15. The lowest BCUT2D eigenvalue weighted by Crippen LogP contribution is -2.42. The summed E-state index contributed by atoms with van der Waals surface area (Å²) in [5, 5.41) is 18.3.